The van der Waals surface area contributed by atoms with Gasteiger partial charge in [-0.2, -0.15) is 9.98 Å². The van der Waals surface area contributed by atoms with Gasteiger partial charge in [0.2, 0.25) is 12.2 Å². The summed E-state index contributed by atoms with van der Waals surface area (Å²) in [6.45, 7) is 0.360. The van der Waals surface area contributed by atoms with Crippen molar-refractivity contribution in [2.24, 2.45) is 9.98 Å². The first-order valence-electron chi connectivity index (χ1n) is 5.79. The van der Waals surface area contributed by atoms with Crippen molar-refractivity contribution in [3.05, 3.63) is 54.1 Å². The van der Waals surface area contributed by atoms with Crippen LogP contribution in [0.2, 0.25) is 0 Å². The summed E-state index contributed by atoms with van der Waals surface area (Å²) in [6, 6.07) is 14.2. The lowest BCUT2D eigenvalue weighted by atomic mass is 10.2. The molecular formula is C15H10N2O3. The van der Waals surface area contributed by atoms with E-state index in [1.165, 1.54) is 18.2 Å². The highest BCUT2D eigenvalue weighted by molar-refractivity contribution is 5.61. The molecule has 0 radical (unpaired) electrons. The van der Waals surface area contributed by atoms with E-state index in [9.17, 15) is 9.59 Å². The van der Waals surface area contributed by atoms with Gasteiger partial charge in [-0.3, -0.25) is 0 Å². The monoisotopic (exact) mass is 266 g/mol. The van der Waals surface area contributed by atoms with Gasteiger partial charge in [-0.05, 0) is 11.6 Å². The van der Waals surface area contributed by atoms with E-state index in [0.717, 1.165) is 5.56 Å². The van der Waals surface area contributed by atoms with E-state index < -0.39 is 0 Å². The summed E-state index contributed by atoms with van der Waals surface area (Å²) in [5, 5.41) is 0. The Hall–Kier alpha value is -3.00. The Kier molecular flexibility index (Phi) is 4.57. The fourth-order valence-electron chi connectivity index (χ4n) is 1.63. The summed E-state index contributed by atoms with van der Waals surface area (Å²) in [7, 11) is 0. The summed E-state index contributed by atoms with van der Waals surface area (Å²) in [5.41, 5.74) is 1.64. The molecule has 0 aliphatic heterocycles. The zero-order valence-corrected chi connectivity index (χ0v) is 10.4. The lowest BCUT2D eigenvalue weighted by Crippen LogP contribution is -1.94. The molecule has 5 nitrogen and oxygen atoms in total. The van der Waals surface area contributed by atoms with Crippen LogP contribution in [0.3, 0.4) is 0 Å². The third-order valence-corrected chi connectivity index (χ3v) is 2.47. The molecule has 0 heterocycles. The van der Waals surface area contributed by atoms with Crippen LogP contribution in [0, 0.1) is 0 Å². The maximum absolute atomic E-state index is 10.3. The molecule has 0 spiro atoms. The van der Waals surface area contributed by atoms with Crippen LogP contribution in [-0.4, -0.2) is 12.2 Å². The van der Waals surface area contributed by atoms with Crippen LogP contribution in [0.5, 0.6) is 5.75 Å². The Morgan fingerprint density at radius 2 is 1.50 bits per heavy atom. The van der Waals surface area contributed by atoms with Crippen LogP contribution < -0.4 is 4.74 Å². The number of rotatable bonds is 5. The predicted octanol–water partition coefficient (Wildman–Crippen LogP) is 3.20. The van der Waals surface area contributed by atoms with E-state index in [1.807, 2.05) is 30.3 Å². The molecule has 0 atom stereocenters. The minimum absolute atomic E-state index is 0.319. The second-order valence-electron chi connectivity index (χ2n) is 3.87. The number of ether oxygens (including phenoxy) is 1. The Morgan fingerprint density at radius 3 is 2.05 bits per heavy atom. The van der Waals surface area contributed by atoms with Gasteiger partial charge >= 0.3 is 0 Å². The largest absolute Gasteiger partial charge is 0.489 e. The standard InChI is InChI=1S/C15H10N2O3/c18-10-16-13-6-14(17-11-19)8-15(7-13)20-9-12-4-2-1-3-5-12/h1-8H,9H2. The van der Waals surface area contributed by atoms with Gasteiger partial charge in [0.15, 0.2) is 0 Å². The van der Waals surface area contributed by atoms with Crippen molar-refractivity contribution >= 4 is 23.5 Å². The summed E-state index contributed by atoms with van der Waals surface area (Å²) < 4.78 is 5.59. The van der Waals surface area contributed by atoms with E-state index in [1.54, 1.807) is 12.1 Å². The molecular weight excluding hydrogens is 256 g/mol. The minimum Gasteiger partial charge on any atom is -0.489 e. The average Bonchev–Trinajstić information content (AvgIpc) is 2.47. The first-order valence-corrected chi connectivity index (χ1v) is 5.79. The van der Waals surface area contributed by atoms with Gasteiger partial charge in [0.25, 0.3) is 0 Å². The Bertz CT molecular complexity index is 649. The molecule has 0 saturated carbocycles. The molecule has 0 bridgehead atoms. The summed E-state index contributed by atoms with van der Waals surface area (Å²) in [6.07, 6.45) is 2.87. The van der Waals surface area contributed by atoms with E-state index in [-0.39, 0.29) is 0 Å². The smallest absolute Gasteiger partial charge is 0.240 e. The number of benzene rings is 2. The van der Waals surface area contributed by atoms with Crippen molar-refractivity contribution in [2.75, 3.05) is 0 Å². The lowest BCUT2D eigenvalue weighted by molar-refractivity contribution is 0.306. The first-order chi connectivity index (χ1) is 9.81. The fraction of sp³-hybridized carbons (Fsp3) is 0.0667. The molecule has 0 N–H and O–H groups in total. The topological polar surface area (TPSA) is 68.1 Å². The van der Waals surface area contributed by atoms with Crippen molar-refractivity contribution in [1.82, 2.24) is 0 Å². The highest BCUT2D eigenvalue weighted by atomic mass is 16.5. The third kappa shape index (κ3) is 3.75. The minimum atomic E-state index is 0.319. The molecule has 0 amide bonds. The highest BCUT2D eigenvalue weighted by Crippen LogP contribution is 2.28. The van der Waals surface area contributed by atoms with Crippen LogP contribution in [0.15, 0.2) is 58.5 Å². The average molecular weight is 266 g/mol. The summed E-state index contributed by atoms with van der Waals surface area (Å²) in [4.78, 5) is 27.6. The van der Waals surface area contributed by atoms with Crippen LogP contribution in [0.25, 0.3) is 0 Å². The second-order valence-corrected chi connectivity index (χ2v) is 3.87. The zero-order valence-electron chi connectivity index (χ0n) is 10.4. The molecule has 2 aromatic rings. The van der Waals surface area contributed by atoms with Crippen molar-refractivity contribution in [2.45, 2.75) is 6.61 Å². The van der Waals surface area contributed by atoms with Gasteiger partial charge in [0, 0.05) is 12.1 Å². The van der Waals surface area contributed by atoms with Gasteiger partial charge in [-0.25, -0.2) is 9.59 Å². The Labute approximate surface area is 115 Å². The lowest BCUT2D eigenvalue weighted by Gasteiger charge is -2.07. The van der Waals surface area contributed by atoms with Crippen LogP contribution in [0.1, 0.15) is 5.56 Å². The molecule has 0 saturated heterocycles. The fourth-order valence-corrected chi connectivity index (χ4v) is 1.63. The van der Waals surface area contributed by atoms with Crippen molar-refractivity contribution in [3.63, 3.8) is 0 Å². The second kappa shape index (κ2) is 6.81. The van der Waals surface area contributed by atoms with Crippen LogP contribution in [-0.2, 0) is 16.2 Å². The molecule has 0 fully saturated rings. The van der Waals surface area contributed by atoms with E-state index in [2.05, 4.69) is 9.98 Å². The number of hydrogen-bond donors (Lipinski definition) is 0. The van der Waals surface area contributed by atoms with Crippen molar-refractivity contribution < 1.29 is 14.3 Å². The quantitative estimate of drug-likeness (QED) is 0.616. The van der Waals surface area contributed by atoms with Gasteiger partial charge in [-0.15, -0.1) is 0 Å². The number of nitrogens with zero attached hydrogens (tertiary/aromatic N) is 2. The SMILES string of the molecule is O=C=Nc1cc(N=C=O)cc(OCc2ccccc2)c1. The maximum atomic E-state index is 10.3. The number of isocyanates is 2. The van der Waals surface area contributed by atoms with Crippen LogP contribution >= 0.6 is 0 Å². The first kappa shape index (κ1) is 13.4. The molecule has 0 unspecified atom stereocenters. The third-order valence-electron chi connectivity index (χ3n) is 2.47. The molecule has 2 rings (SSSR count). The van der Waals surface area contributed by atoms with Gasteiger partial charge in [0.05, 0.1) is 11.4 Å². The molecule has 0 aliphatic rings. The number of carbonyl (C=O) groups excluding carboxylic acids is 2. The summed E-state index contributed by atoms with van der Waals surface area (Å²) in [5.74, 6) is 0.458. The van der Waals surface area contributed by atoms with Crippen molar-refractivity contribution in [1.29, 1.82) is 0 Å². The molecule has 2 aromatic carbocycles. The highest BCUT2D eigenvalue weighted by Gasteiger charge is 2.02. The maximum Gasteiger partial charge on any atom is 0.240 e. The Morgan fingerprint density at radius 1 is 0.900 bits per heavy atom. The number of aliphatic imine (C=N–C) groups is 2. The van der Waals surface area contributed by atoms with Gasteiger partial charge in [-0.1, -0.05) is 30.3 Å². The molecule has 0 aliphatic carbocycles. The van der Waals surface area contributed by atoms with Crippen LogP contribution in [0.4, 0.5) is 11.4 Å². The Balaban J connectivity index is 2.21. The van der Waals surface area contributed by atoms with E-state index in [0.29, 0.717) is 23.7 Å². The summed E-state index contributed by atoms with van der Waals surface area (Å²) >= 11 is 0. The van der Waals surface area contributed by atoms with Gasteiger partial charge in [0.1, 0.15) is 12.4 Å². The molecule has 98 valence electrons. The number of hydrogen-bond acceptors (Lipinski definition) is 5. The normalized spacial score (nSPS) is 9.20. The molecule has 20 heavy (non-hydrogen) atoms. The zero-order chi connectivity index (χ0) is 14.2. The van der Waals surface area contributed by atoms with E-state index >= 15 is 0 Å². The molecule has 5 heteroatoms. The van der Waals surface area contributed by atoms with Crippen molar-refractivity contribution in [3.8, 4) is 5.75 Å². The van der Waals surface area contributed by atoms with E-state index in [4.69, 9.17) is 4.74 Å². The molecule has 0 aromatic heterocycles. The van der Waals surface area contributed by atoms with Gasteiger partial charge < -0.3 is 4.74 Å². The predicted molar refractivity (Wildman–Crippen MR) is 72.8 cm³/mol.